The van der Waals surface area contributed by atoms with Gasteiger partial charge in [-0.1, -0.05) is 49.1 Å². The lowest BCUT2D eigenvalue weighted by Gasteiger charge is -2.34. The van der Waals surface area contributed by atoms with Gasteiger partial charge < -0.3 is 20.3 Å². The minimum atomic E-state index is 0.431. The van der Waals surface area contributed by atoms with E-state index >= 15 is 0 Å². The molecule has 1 aliphatic rings. The number of guanidine groups is 1. The lowest BCUT2D eigenvalue weighted by molar-refractivity contribution is 0.359. The SMILES string of the molecule is C=CCOc1ccccc1CN=C(NCC)NC1CCN(c2ccccc2)CC1. The van der Waals surface area contributed by atoms with Gasteiger partial charge in [-0.2, -0.15) is 0 Å². The molecule has 2 aromatic rings. The first kappa shape index (κ1) is 20.8. The van der Waals surface area contributed by atoms with Crippen molar-refractivity contribution < 1.29 is 4.74 Å². The van der Waals surface area contributed by atoms with Crippen molar-refractivity contribution in [2.45, 2.75) is 32.4 Å². The molecule has 29 heavy (non-hydrogen) atoms. The van der Waals surface area contributed by atoms with Crippen molar-refractivity contribution in [1.29, 1.82) is 0 Å². The van der Waals surface area contributed by atoms with Gasteiger partial charge in [0.2, 0.25) is 0 Å². The smallest absolute Gasteiger partial charge is 0.191 e. The predicted molar refractivity (Wildman–Crippen MR) is 122 cm³/mol. The zero-order valence-electron chi connectivity index (χ0n) is 17.3. The molecule has 0 aliphatic carbocycles. The standard InChI is InChI=1S/C24H32N4O/c1-3-18-29-23-13-9-8-10-20(23)19-26-24(25-4-2)27-21-14-16-28(17-15-21)22-11-6-5-7-12-22/h3,5-13,21H,1,4,14-19H2,2H3,(H2,25,26,27). The summed E-state index contributed by atoms with van der Waals surface area (Å²) < 4.78 is 5.75. The Morgan fingerprint density at radius 1 is 1.14 bits per heavy atom. The molecule has 2 N–H and O–H groups in total. The maximum absolute atomic E-state index is 5.75. The van der Waals surface area contributed by atoms with Crippen LogP contribution in [0.15, 0.2) is 72.2 Å². The Hall–Kier alpha value is -2.95. The van der Waals surface area contributed by atoms with Gasteiger partial charge in [0, 0.05) is 36.9 Å². The van der Waals surface area contributed by atoms with E-state index in [2.05, 4.69) is 65.4 Å². The number of ether oxygens (including phenoxy) is 1. The molecule has 0 spiro atoms. The molecule has 1 heterocycles. The number of piperidine rings is 1. The van der Waals surface area contributed by atoms with E-state index < -0.39 is 0 Å². The van der Waals surface area contributed by atoms with Crippen LogP contribution in [0.4, 0.5) is 5.69 Å². The number of benzene rings is 2. The quantitative estimate of drug-likeness (QED) is 0.405. The molecular formula is C24H32N4O. The molecule has 0 saturated carbocycles. The lowest BCUT2D eigenvalue weighted by atomic mass is 10.0. The summed E-state index contributed by atoms with van der Waals surface area (Å²) >= 11 is 0. The van der Waals surface area contributed by atoms with Crippen LogP contribution in [0.2, 0.25) is 0 Å². The molecule has 5 nitrogen and oxygen atoms in total. The van der Waals surface area contributed by atoms with Crippen molar-refractivity contribution in [2.75, 3.05) is 31.1 Å². The van der Waals surface area contributed by atoms with Crippen LogP contribution in [0.1, 0.15) is 25.3 Å². The fraction of sp³-hybridized carbons (Fsp3) is 0.375. The topological polar surface area (TPSA) is 48.9 Å². The van der Waals surface area contributed by atoms with Gasteiger partial charge in [-0.15, -0.1) is 0 Å². The van der Waals surface area contributed by atoms with Crippen molar-refractivity contribution in [1.82, 2.24) is 10.6 Å². The summed E-state index contributed by atoms with van der Waals surface area (Å²) in [5.41, 5.74) is 2.38. The average Bonchev–Trinajstić information content (AvgIpc) is 2.78. The van der Waals surface area contributed by atoms with Crippen molar-refractivity contribution in [3.63, 3.8) is 0 Å². The van der Waals surface area contributed by atoms with Gasteiger partial charge in [0.1, 0.15) is 12.4 Å². The number of hydrogen-bond donors (Lipinski definition) is 2. The average molecular weight is 393 g/mol. The van der Waals surface area contributed by atoms with E-state index in [-0.39, 0.29) is 0 Å². The van der Waals surface area contributed by atoms with Crippen molar-refractivity contribution in [3.8, 4) is 5.75 Å². The van der Waals surface area contributed by atoms with Gasteiger partial charge in [-0.25, -0.2) is 4.99 Å². The maximum atomic E-state index is 5.75. The number of rotatable bonds is 8. The molecule has 2 aromatic carbocycles. The summed E-state index contributed by atoms with van der Waals surface area (Å²) in [4.78, 5) is 7.25. The highest BCUT2D eigenvalue weighted by molar-refractivity contribution is 5.80. The van der Waals surface area contributed by atoms with Crippen molar-refractivity contribution in [2.24, 2.45) is 4.99 Å². The van der Waals surface area contributed by atoms with Gasteiger partial charge in [0.15, 0.2) is 5.96 Å². The first-order valence-corrected chi connectivity index (χ1v) is 10.5. The Kier molecular flexibility index (Phi) is 7.99. The van der Waals surface area contributed by atoms with E-state index in [1.54, 1.807) is 6.08 Å². The number of aliphatic imine (C=N–C) groups is 1. The van der Waals surface area contributed by atoms with Gasteiger partial charge in [-0.3, -0.25) is 0 Å². The highest BCUT2D eigenvalue weighted by atomic mass is 16.5. The summed E-state index contributed by atoms with van der Waals surface area (Å²) in [6, 6.07) is 19.1. The van der Waals surface area contributed by atoms with Gasteiger partial charge in [0.25, 0.3) is 0 Å². The number of hydrogen-bond acceptors (Lipinski definition) is 3. The molecule has 0 aromatic heterocycles. The lowest BCUT2D eigenvalue weighted by Crippen LogP contribution is -2.48. The summed E-state index contributed by atoms with van der Waals surface area (Å²) in [6.45, 7) is 9.83. The fourth-order valence-corrected chi connectivity index (χ4v) is 3.52. The van der Waals surface area contributed by atoms with E-state index in [4.69, 9.17) is 9.73 Å². The van der Waals surface area contributed by atoms with E-state index in [1.807, 2.05) is 18.2 Å². The summed E-state index contributed by atoms with van der Waals surface area (Å²) in [7, 11) is 0. The second-order valence-electron chi connectivity index (χ2n) is 7.14. The molecule has 1 fully saturated rings. The molecule has 1 saturated heterocycles. The summed E-state index contributed by atoms with van der Waals surface area (Å²) in [5, 5.41) is 6.99. The Morgan fingerprint density at radius 3 is 2.59 bits per heavy atom. The van der Waals surface area contributed by atoms with E-state index in [0.717, 1.165) is 49.7 Å². The van der Waals surface area contributed by atoms with Crippen LogP contribution in [0.5, 0.6) is 5.75 Å². The monoisotopic (exact) mass is 392 g/mol. The highest BCUT2D eigenvalue weighted by Crippen LogP contribution is 2.20. The minimum absolute atomic E-state index is 0.431. The van der Waals surface area contributed by atoms with Crippen LogP contribution < -0.4 is 20.3 Å². The zero-order valence-corrected chi connectivity index (χ0v) is 17.3. The second-order valence-corrected chi connectivity index (χ2v) is 7.14. The third-order valence-corrected chi connectivity index (χ3v) is 5.04. The molecular weight excluding hydrogens is 360 g/mol. The van der Waals surface area contributed by atoms with Crippen LogP contribution in [0, 0.1) is 0 Å². The van der Waals surface area contributed by atoms with Crippen LogP contribution in [0.25, 0.3) is 0 Å². The molecule has 0 unspecified atom stereocenters. The zero-order chi connectivity index (χ0) is 20.3. The molecule has 0 atom stereocenters. The number of nitrogens with one attached hydrogen (secondary N) is 2. The third-order valence-electron chi connectivity index (χ3n) is 5.04. The third kappa shape index (κ3) is 6.28. The van der Waals surface area contributed by atoms with Gasteiger partial charge in [-0.05, 0) is 38.0 Å². The molecule has 1 aliphatic heterocycles. The largest absolute Gasteiger partial charge is 0.489 e. The maximum Gasteiger partial charge on any atom is 0.191 e. The molecule has 154 valence electrons. The van der Waals surface area contributed by atoms with E-state index in [0.29, 0.717) is 19.2 Å². The second kappa shape index (κ2) is 11.1. The van der Waals surface area contributed by atoms with Crippen LogP contribution in [-0.2, 0) is 6.54 Å². The molecule has 0 radical (unpaired) electrons. The van der Waals surface area contributed by atoms with Crippen LogP contribution in [0.3, 0.4) is 0 Å². The molecule has 5 heteroatoms. The molecule has 0 amide bonds. The first-order valence-electron chi connectivity index (χ1n) is 10.5. The van der Waals surface area contributed by atoms with Crippen molar-refractivity contribution in [3.05, 3.63) is 72.8 Å². The Morgan fingerprint density at radius 2 is 1.86 bits per heavy atom. The number of para-hydroxylation sites is 2. The first-order chi connectivity index (χ1) is 14.3. The normalized spacial score (nSPS) is 15.1. The van der Waals surface area contributed by atoms with E-state index in [1.165, 1.54) is 5.69 Å². The Labute approximate surface area is 174 Å². The minimum Gasteiger partial charge on any atom is -0.489 e. The van der Waals surface area contributed by atoms with Crippen molar-refractivity contribution >= 4 is 11.6 Å². The van der Waals surface area contributed by atoms with Gasteiger partial charge >= 0.3 is 0 Å². The number of anilines is 1. The Balaban J connectivity index is 1.57. The predicted octanol–water partition coefficient (Wildman–Crippen LogP) is 3.98. The van der Waals surface area contributed by atoms with Crippen LogP contribution in [-0.4, -0.2) is 38.2 Å². The fourth-order valence-electron chi connectivity index (χ4n) is 3.52. The molecule has 3 rings (SSSR count). The summed E-state index contributed by atoms with van der Waals surface area (Å²) in [6.07, 6.45) is 3.95. The Bertz CT molecular complexity index is 782. The van der Waals surface area contributed by atoms with E-state index in [9.17, 15) is 0 Å². The highest BCUT2D eigenvalue weighted by Gasteiger charge is 2.20. The van der Waals surface area contributed by atoms with Gasteiger partial charge in [0.05, 0.1) is 6.54 Å². The summed E-state index contributed by atoms with van der Waals surface area (Å²) in [5.74, 6) is 1.73. The molecule has 0 bridgehead atoms. The van der Waals surface area contributed by atoms with Crippen LogP contribution >= 0.6 is 0 Å². The number of nitrogens with zero attached hydrogens (tertiary/aromatic N) is 2.